The van der Waals surface area contributed by atoms with Crippen molar-refractivity contribution in [1.29, 1.82) is 0 Å². The quantitative estimate of drug-likeness (QED) is 0.0169. The number of anilines is 1. The molecule has 16 nitrogen and oxygen atoms in total. The maximum absolute atomic E-state index is 13.2. The second kappa shape index (κ2) is 28.1. The number of hydrogen-bond acceptors (Lipinski definition) is 12. The molecule has 85 heavy (non-hydrogen) atoms. The summed E-state index contributed by atoms with van der Waals surface area (Å²) in [5.74, 6) is -3.02. The van der Waals surface area contributed by atoms with Crippen LogP contribution in [0.25, 0.3) is 0 Å². The number of aryl methyl sites for hydroxylation is 2. The molecule has 1 aliphatic rings. The Morgan fingerprint density at radius 3 is 1.60 bits per heavy atom. The van der Waals surface area contributed by atoms with Gasteiger partial charge in [-0.25, -0.2) is 0 Å². The first kappa shape index (κ1) is 73.1. The number of pyridine rings is 1. The fraction of sp³-hybridized carbons (Fsp3) is 0.564. The second-order valence-corrected chi connectivity index (χ2v) is 26.4. The molecule has 0 radical (unpaired) electrons. The number of amides is 1. The molecule has 0 saturated carbocycles. The van der Waals surface area contributed by atoms with E-state index >= 15 is 0 Å². The molecule has 5 rings (SSSR count). The van der Waals surface area contributed by atoms with E-state index in [2.05, 4.69) is 110 Å². The van der Waals surface area contributed by atoms with E-state index in [1.807, 2.05) is 6.07 Å². The normalized spacial score (nSPS) is 18.9. The van der Waals surface area contributed by atoms with Crippen LogP contribution in [0.2, 0.25) is 0 Å². The number of rotatable bonds is 24. The van der Waals surface area contributed by atoms with E-state index in [9.17, 15) is 74.3 Å². The van der Waals surface area contributed by atoms with Gasteiger partial charge in [0.25, 0.3) is 5.91 Å². The fourth-order valence-corrected chi connectivity index (χ4v) is 8.53. The van der Waals surface area contributed by atoms with E-state index in [-0.39, 0.29) is 23.3 Å². The van der Waals surface area contributed by atoms with Crippen LogP contribution in [0.15, 0.2) is 79.3 Å². The van der Waals surface area contributed by atoms with Crippen LogP contribution < -0.4 is 19.9 Å². The van der Waals surface area contributed by atoms with Crippen molar-refractivity contribution in [3.05, 3.63) is 107 Å². The Balaban J connectivity index is 0.00000120. The summed E-state index contributed by atoms with van der Waals surface area (Å²) in [7, 11) is -21.3. The van der Waals surface area contributed by atoms with E-state index in [4.69, 9.17) is 28.9 Å². The Kier molecular flexibility index (Phi) is 24.2. The van der Waals surface area contributed by atoms with Crippen molar-refractivity contribution in [2.75, 3.05) is 25.0 Å². The molecule has 1 aliphatic heterocycles. The van der Waals surface area contributed by atoms with Gasteiger partial charge in [-0.1, -0.05) is 97.2 Å². The van der Waals surface area contributed by atoms with Gasteiger partial charge in [0.15, 0.2) is 36.5 Å². The molecule has 1 amide bonds. The third-order valence-corrected chi connectivity index (χ3v) is 12.4. The Labute approximate surface area is 486 Å². The van der Waals surface area contributed by atoms with Crippen molar-refractivity contribution < 1.29 is 107 Å². The fourth-order valence-electron chi connectivity index (χ4n) is 8.53. The molecule has 2 aromatic heterocycles. The number of carbonyl (C=O) groups excluding carboxylic acids is 5. The number of carbonyl (C=O) groups is 5. The molecule has 5 atom stereocenters. The molecule has 482 valence electrons. The van der Waals surface area contributed by atoms with Gasteiger partial charge in [-0.05, 0) is 71.8 Å². The summed E-state index contributed by atoms with van der Waals surface area (Å²) in [5, 5.41) is 11.7. The van der Waals surface area contributed by atoms with Gasteiger partial charge in [0.2, 0.25) is 6.10 Å². The van der Waals surface area contributed by atoms with Gasteiger partial charge in [-0.2, -0.15) is 4.57 Å². The van der Waals surface area contributed by atoms with Crippen LogP contribution in [0.3, 0.4) is 0 Å². The van der Waals surface area contributed by atoms with Gasteiger partial charge in [0.05, 0.1) is 10.8 Å². The SMILES string of the molecule is CC(=O)OC[C@H]1O[C@H]([n+]2ccc(C(=O)NCCCCCC[n+]3cc(CCCCCCNc4cc(C(C)(C)C)cc(C(C)(C)C)c4)n(Cc4ccccc4)n3)cc2)[C@@H](OC(C)=O)[C@@H](OC(C)=O)[C@@H]1OC(C)=O.F[P-](F)(F)(F)(F)F.F[P-](F)(F)(F)(F)F. The van der Waals surface area contributed by atoms with E-state index in [0.29, 0.717) is 12.1 Å². The number of halogens is 12. The Morgan fingerprint density at radius 2 is 1.09 bits per heavy atom. The van der Waals surface area contributed by atoms with Gasteiger partial charge in [0, 0.05) is 65.0 Å². The topological polar surface area (TPSA) is 181 Å². The van der Waals surface area contributed by atoms with Crippen LogP contribution in [0.1, 0.15) is 160 Å². The van der Waals surface area contributed by atoms with Crippen molar-refractivity contribution in [1.82, 2.24) is 15.2 Å². The Bertz CT molecular complexity index is 2790. The average Bonchev–Trinajstić information content (AvgIpc) is 3.49. The number of nitrogens with zero attached hydrogens (tertiary/aromatic N) is 4. The molecule has 1 saturated heterocycles. The molecule has 0 bridgehead atoms. The van der Waals surface area contributed by atoms with Crippen LogP contribution in [-0.2, 0) is 73.2 Å². The summed E-state index contributed by atoms with van der Waals surface area (Å²) in [6.45, 7) is 21.0. The third-order valence-electron chi connectivity index (χ3n) is 12.4. The first-order valence-corrected chi connectivity index (χ1v) is 31.3. The van der Waals surface area contributed by atoms with Crippen LogP contribution in [0, 0.1) is 0 Å². The molecule has 0 unspecified atom stereocenters. The van der Waals surface area contributed by atoms with Crippen molar-refractivity contribution in [2.24, 2.45) is 0 Å². The van der Waals surface area contributed by atoms with Gasteiger partial charge in [0.1, 0.15) is 25.8 Å². The van der Waals surface area contributed by atoms with E-state index in [0.717, 1.165) is 84.3 Å². The van der Waals surface area contributed by atoms with Gasteiger partial charge in [-0.3, -0.25) is 24.0 Å². The zero-order valence-electron chi connectivity index (χ0n) is 49.1. The zero-order chi connectivity index (χ0) is 64.5. The monoisotopic (exact) mass is 1270 g/mol. The number of ether oxygens (including phenoxy) is 5. The Morgan fingerprint density at radius 1 is 0.612 bits per heavy atom. The van der Waals surface area contributed by atoms with Crippen LogP contribution in [-0.4, -0.2) is 83.8 Å². The molecule has 2 aromatic carbocycles. The van der Waals surface area contributed by atoms with Crippen molar-refractivity contribution in [2.45, 2.75) is 182 Å². The number of nitrogens with one attached hydrogen (secondary N) is 2. The van der Waals surface area contributed by atoms with Gasteiger partial charge in [-0.15, -0.1) is 9.36 Å². The molecular weight excluding hydrogens is 1190 g/mol. The summed E-state index contributed by atoms with van der Waals surface area (Å²) < 4.78 is 152. The van der Waals surface area contributed by atoms with E-state index in [1.54, 1.807) is 24.5 Å². The molecule has 4 aromatic rings. The second-order valence-electron chi connectivity index (χ2n) is 22.5. The van der Waals surface area contributed by atoms with Crippen molar-refractivity contribution in [3.8, 4) is 0 Å². The summed E-state index contributed by atoms with van der Waals surface area (Å²) in [6, 6.07) is 20.6. The minimum absolute atomic E-state index is 0.0907. The van der Waals surface area contributed by atoms with Crippen molar-refractivity contribution in [3.63, 3.8) is 0 Å². The Hall–Kier alpha value is -6.14. The zero-order valence-corrected chi connectivity index (χ0v) is 50.9. The van der Waals surface area contributed by atoms with E-state index < -0.39 is 70.1 Å². The number of esters is 4. The van der Waals surface area contributed by atoms with Crippen LogP contribution in [0.4, 0.5) is 56.1 Å². The third kappa shape index (κ3) is 32.8. The van der Waals surface area contributed by atoms with Gasteiger partial charge >= 0.3 is 96.1 Å². The molecule has 2 N–H and O–H groups in total. The standard InChI is InChI=1S/C55H77N6O10.2F6P/c1-38(62)67-37-48-49(68-39(2)63)50(69-40(3)64)51(70-41(4)65)53(71-48)59-30-25-43(26-31-59)52(66)57-28-20-13-14-21-29-60-36-47(61(58-60)35-42-22-16-15-17-23-42)24-18-11-12-19-27-56-46-33-44(54(5,6)7)32-45(34-46)55(8,9)10;2*1-7(2,3,4,5)6/h15-17,22-23,25-26,30-34,36,48-51,53,56H,11-14,18-21,24,27-29,35,37H2,1-10H3;;/q+1;2*-1/p+1/t48-,49-,50+,51+,53+;;/m1../s1. The summed E-state index contributed by atoms with van der Waals surface area (Å²) >= 11 is 0. The number of benzene rings is 2. The predicted molar refractivity (Wildman–Crippen MR) is 294 cm³/mol. The van der Waals surface area contributed by atoms with Gasteiger partial charge < -0.3 is 34.3 Å². The number of aromatic nitrogens is 4. The molecule has 0 aliphatic carbocycles. The number of hydrogen-bond donors (Lipinski definition) is 2. The predicted octanol–water partition coefficient (Wildman–Crippen LogP) is 14.3. The minimum atomic E-state index is -10.7. The molecule has 0 spiro atoms. The molecule has 30 heteroatoms. The summed E-state index contributed by atoms with van der Waals surface area (Å²) in [4.78, 5) is 61.5. The first-order valence-electron chi connectivity index (χ1n) is 27.2. The maximum atomic E-state index is 13.2. The first-order chi connectivity index (χ1) is 38.6. The summed E-state index contributed by atoms with van der Waals surface area (Å²) in [6.07, 6.45) is 8.46. The van der Waals surface area contributed by atoms with Crippen LogP contribution in [0.5, 0.6) is 0 Å². The molecule has 1 fully saturated rings. The van der Waals surface area contributed by atoms with Crippen LogP contribution >= 0.6 is 15.6 Å². The molecule has 3 heterocycles. The average molecular weight is 1270 g/mol. The molecular formula is C55H78F12N6O10P2. The van der Waals surface area contributed by atoms with Crippen molar-refractivity contribution >= 4 is 51.1 Å². The van der Waals surface area contributed by atoms with E-state index in [1.165, 1.54) is 53.4 Å². The number of unbranched alkanes of at least 4 members (excludes halogenated alkanes) is 6. The summed E-state index contributed by atoms with van der Waals surface area (Å²) in [5.41, 5.74) is 6.97.